The van der Waals surface area contributed by atoms with Crippen LogP contribution in [0.1, 0.15) is 31.1 Å². The molecule has 8 heteroatoms. The Morgan fingerprint density at radius 1 is 1.39 bits per heavy atom. The maximum Gasteiger partial charge on any atom is 0.337 e. The van der Waals surface area contributed by atoms with E-state index in [2.05, 4.69) is 4.98 Å². The second-order valence-corrected chi connectivity index (χ2v) is 6.08. The van der Waals surface area contributed by atoms with E-state index >= 15 is 0 Å². The van der Waals surface area contributed by atoms with Gasteiger partial charge in [0.25, 0.3) is 10.0 Å². The van der Waals surface area contributed by atoms with Crippen LogP contribution in [0.2, 0.25) is 0 Å². The first-order valence-corrected chi connectivity index (χ1v) is 6.49. The average Bonchev–Trinajstić information content (AvgIpc) is 2.26. The van der Waals surface area contributed by atoms with Gasteiger partial charge in [-0.25, -0.2) is 18.2 Å². The van der Waals surface area contributed by atoms with E-state index in [1.54, 1.807) is 20.8 Å². The van der Waals surface area contributed by atoms with E-state index in [-0.39, 0.29) is 10.6 Å². The Kier molecular flexibility index (Phi) is 4.05. The molecule has 0 atom stereocenters. The SMILES string of the molecule is CC(C)(C)ONS(=O)(=O)c1ccc(C(=O)O)cn1. The number of sulfonamides is 1. The minimum atomic E-state index is -3.91. The number of nitrogens with zero attached hydrogens (tertiary/aromatic N) is 1. The monoisotopic (exact) mass is 274 g/mol. The number of carbonyl (C=O) groups is 1. The zero-order chi connectivity index (χ0) is 14.0. The number of carboxylic acids is 1. The Bertz CT molecular complexity index is 530. The Balaban J connectivity index is 2.89. The molecule has 18 heavy (non-hydrogen) atoms. The molecule has 1 aromatic rings. The van der Waals surface area contributed by atoms with Gasteiger partial charge in [0, 0.05) is 6.20 Å². The van der Waals surface area contributed by atoms with Gasteiger partial charge in [0.05, 0.1) is 11.2 Å². The third-order valence-electron chi connectivity index (χ3n) is 1.72. The molecule has 0 aliphatic rings. The lowest BCUT2D eigenvalue weighted by atomic mass is 10.2. The highest BCUT2D eigenvalue weighted by Crippen LogP contribution is 2.10. The maximum absolute atomic E-state index is 11.7. The van der Waals surface area contributed by atoms with Crippen molar-refractivity contribution in [2.45, 2.75) is 31.4 Å². The zero-order valence-corrected chi connectivity index (χ0v) is 11.0. The highest BCUT2D eigenvalue weighted by Gasteiger charge is 2.20. The Morgan fingerprint density at radius 2 is 2.00 bits per heavy atom. The first-order chi connectivity index (χ1) is 8.12. The summed E-state index contributed by atoms with van der Waals surface area (Å²) in [5.41, 5.74) is -0.778. The summed E-state index contributed by atoms with van der Waals surface area (Å²) in [7, 11) is -3.91. The Morgan fingerprint density at radius 3 is 2.39 bits per heavy atom. The van der Waals surface area contributed by atoms with Crippen molar-refractivity contribution in [1.29, 1.82) is 0 Å². The molecule has 0 saturated heterocycles. The molecule has 0 amide bonds. The van der Waals surface area contributed by atoms with Crippen LogP contribution >= 0.6 is 0 Å². The Hall–Kier alpha value is -1.51. The van der Waals surface area contributed by atoms with Crippen LogP contribution in [0.25, 0.3) is 0 Å². The fraction of sp³-hybridized carbons (Fsp3) is 0.400. The fourth-order valence-corrected chi connectivity index (χ4v) is 1.77. The van der Waals surface area contributed by atoms with E-state index in [0.717, 1.165) is 18.3 Å². The second kappa shape index (κ2) is 5.01. The number of aromatic carboxylic acids is 1. The van der Waals surface area contributed by atoms with Gasteiger partial charge in [-0.15, -0.1) is 0 Å². The van der Waals surface area contributed by atoms with Crippen molar-refractivity contribution in [3.05, 3.63) is 23.9 Å². The predicted octanol–water partition coefficient (Wildman–Crippen LogP) is 0.788. The lowest BCUT2D eigenvalue weighted by Gasteiger charge is -2.18. The maximum atomic E-state index is 11.7. The quantitative estimate of drug-likeness (QED) is 0.786. The van der Waals surface area contributed by atoms with Gasteiger partial charge in [0.15, 0.2) is 5.03 Å². The molecule has 0 radical (unpaired) electrons. The molecule has 0 spiro atoms. The van der Waals surface area contributed by atoms with E-state index in [1.807, 2.05) is 4.89 Å². The zero-order valence-electron chi connectivity index (χ0n) is 10.2. The first kappa shape index (κ1) is 14.6. The van der Waals surface area contributed by atoms with Gasteiger partial charge < -0.3 is 5.11 Å². The topological polar surface area (TPSA) is 106 Å². The van der Waals surface area contributed by atoms with Gasteiger partial charge in [0.1, 0.15) is 0 Å². The third-order valence-corrected chi connectivity index (χ3v) is 2.81. The van der Waals surface area contributed by atoms with Gasteiger partial charge in [-0.1, -0.05) is 4.89 Å². The molecular weight excluding hydrogens is 260 g/mol. The molecular formula is C10H14N2O5S. The molecule has 0 aromatic carbocycles. The van der Waals surface area contributed by atoms with Crippen LogP contribution in [0.4, 0.5) is 0 Å². The molecule has 0 saturated carbocycles. The van der Waals surface area contributed by atoms with Gasteiger partial charge in [0.2, 0.25) is 0 Å². The molecule has 0 fully saturated rings. The van der Waals surface area contributed by atoms with Crippen LogP contribution < -0.4 is 4.89 Å². The number of nitrogens with one attached hydrogen (secondary N) is 1. The minimum absolute atomic E-state index is 0.0920. The molecule has 1 heterocycles. The van der Waals surface area contributed by atoms with Crippen LogP contribution in [0, 0.1) is 0 Å². The summed E-state index contributed by atoms with van der Waals surface area (Å²) in [5, 5.41) is 8.35. The standard InChI is InChI=1S/C10H14N2O5S/c1-10(2,3)17-12-18(15,16)8-5-4-7(6-11-8)9(13)14/h4-6,12H,1-3H3,(H,13,14). The van der Waals surface area contributed by atoms with Crippen molar-refractivity contribution in [3.8, 4) is 0 Å². The van der Waals surface area contributed by atoms with Gasteiger partial charge >= 0.3 is 5.97 Å². The predicted molar refractivity (Wildman–Crippen MR) is 62.4 cm³/mol. The molecule has 0 unspecified atom stereocenters. The highest BCUT2D eigenvalue weighted by atomic mass is 32.2. The van der Waals surface area contributed by atoms with Crippen molar-refractivity contribution >= 4 is 16.0 Å². The van der Waals surface area contributed by atoms with Crippen LogP contribution in [0.15, 0.2) is 23.4 Å². The molecule has 7 nitrogen and oxygen atoms in total. The lowest BCUT2D eigenvalue weighted by molar-refractivity contribution is -0.0358. The largest absolute Gasteiger partial charge is 0.478 e. The van der Waals surface area contributed by atoms with Gasteiger partial charge in [-0.2, -0.15) is 0 Å². The first-order valence-electron chi connectivity index (χ1n) is 5.01. The lowest BCUT2D eigenvalue weighted by Crippen LogP contribution is -2.34. The summed E-state index contributed by atoms with van der Waals surface area (Å²) in [4.78, 5) is 21.0. The van der Waals surface area contributed by atoms with Crippen LogP contribution in [-0.2, 0) is 14.9 Å². The number of hydrogen-bond donors (Lipinski definition) is 2. The number of pyridine rings is 1. The van der Waals surface area contributed by atoms with Crippen molar-refractivity contribution in [2.24, 2.45) is 0 Å². The normalized spacial score (nSPS) is 12.4. The van der Waals surface area contributed by atoms with Gasteiger partial charge in [-0.05, 0) is 32.9 Å². The molecule has 1 aromatic heterocycles. The molecule has 0 bridgehead atoms. The van der Waals surface area contributed by atoms with Crippen molar-refractivity contribution in [1.82, 2.24) is 9.87 Å². The average molecular weight is 274 g/mol. The Labute approximate surface area is 105 Å². The van der Waals surface area contributed by atoms with Crippen LogP contribution in [0.5, 0.6) is 0 Å². The second-order valence-electron chi connectivity index (χ2n) is 4.49. The number of rotatable bonds is 4. The molecule has 2 N–H and O–H groups in total. The highest BCUT2D eigenvalue weighted by molar-refractivity contribution is 7.89. The van der Waals surface area contributed by atoms with Crippen LogP contribution in [0.3, 0.4) is 0 Å². The summed E-state index contributed by atoms with van der Waals surface area (Å²) in [5.74, 6) is -1.18. The molecule has 1 rings (SSSR count). The number of carboxylic acid groups (broad SMARTS) is 1. The minimum Gasteiger partial charge on any atom is -0.478 e. The summed E-state index contributed by atoms with van der Waals surface area (Å²) >= 11 is 0. The smallest absolute Gasteiger partial charge is 0.337 e. The summed E-state index contributed by atoms with van der Waals surface area (Å²) < 4.78 is 23.4. The number of hydrogen-bond acceptors (Lipinski definition) is 5. The van der Waals surface area contributed by atoms with E-state index in [9.17, 15) is 13.2 Å². The van der Waals surface area contributed by atoms with Gasteiger partial charge in [-0.3, -0.25) is 4.84 Å². The van der Waals surface area contributed by atoms with E-state index in [4.69, 9.17) is 9.94 Å². The van der Waals surface area contributed by atoms with Crippen molar-refractivity contribution < 1.29 is 23.2 Å². The summed E-state index contributed by atoms with van der Waals surface area (Å²) in [6.45, 7) is 5.03. The molecule has 100 valence electrons. The molecule has 0 aliphatic carbocycles. The summed E-state index contributed by atoms with van der Waals surface area (Å²) in [6, 6.07) is 2.25. The van der Waals surface area contributed by atoms with E-state index in [1.165, 1.54) is 0 Å². The molecule has 0 aliphatic heterocycles. The number of aromatic nitrogens is 1. The fourth-order valence-electron chi connectivity index (χ4n) is 0.888. The third kappa shape index (κ3) is 4.06. The summed E-state index contributed by atoms with van der Waals surface area (Å²) in [6.07, 6.45) is 0.966. The van der Waals surface area contributed by atoms with Crippen LogP contribution in [-0.4, -0.2) is 30.1 Å². The van der Waals surface area contributed by atoms with Crippen molar-refractivity contribution in [3.63, 3.8) is 0 Å². The van der Waals surface area contributed by atoms with Crippen molar-refractivity contribution in [2.75, 3.05) is 0 Å². The van der Waals surface area contributed by atoms with E-state index < -0.39 is 21.6 Å². The van der Waals surface area contributed by atoms with E-state index in [0.29, 0.717) is 0 Å².